The summed E-state index contributed by atoms with van der Waals surface area (Å²) in [5.74, 6) is -0.190. The summed E-state index contributed by atoms with van der Waals surface area (Å²) in [4.78, 5) is 26.9. The van der Waals surface area contributed by atoms with Crippen LogP contribution in [0.3, 0.4) is 0 Å². The molecule has 4 N–H and O–H groups in total. The molecule has 2 aliphatic rings. The van der Waals surface area contributed by atoms with E-state index in [1.807, 2.05) is 12.1 Å². The number of nitrogens with zero attached hydrogens (tertiary/aromatic N) is 1. The zero-order valence-corrected chi connectivity index (χ0v) is 18.2. The lowest BCUT2D eigenvalue weighted by molar-refractivity contribution is -0.126. The van der Waals surface area contributed by atoms with Crippen LogP contribution in [0.4, 0.5) is 11.4 Å². The van der Waals surface area contributed by atoms with Crippen LogP contribution in [0.1, 0.15) is 38.5 Å². The van der Waals surface area contributed by atoms with Crippen molar-refractivity contribution in [1.29, 1.82) is 0 Å². The zero-order valence-electron chi connectivity index (χ0n) is 16.6. The van der Waals surface area contributed by atoms with Crippen LogP contribution in [0, 0.1) is 0 Å². The van der Waals surface area contributed by atoms with Gasteiger partial charge in [-0.2, -0.15) is 0 Å². The van der Waals surface area contributed by atoms with Crippen molar-refractivity contribution in [3.63, 3.8) is 0 Å². The number of rotatable bonds is 6. The maximum atomic E-state index is 12.3. The van der Waals surface area contributed by atoms with Gasteiger partial charge in [-0.1, -0.05) is 18.9 Å². The molecule has 0 aromatic heterocycles. The Labute approximate surface area is 184 Å². The lowest BCUT2D eigenvalue weighted by Gasteiger charge is -2.19. The molecule has 0 bridgehead atoms. The minimum atomic E-state index is -0.458. The Balaban J connectivity index is 0.00000210. The number of halogens is 2. The van der Waals surface area contributed by atoms with Gasteiger partial charge in [-0.15, -0.1) is 24.8 Å². The van der Waals surface area contributed by atoms with Crippen LogP contribution in [0.2, 0.25) is 0 Å². The van der Waals surface area contributed by atoms with E-state index in [4.69, 9.17) is 10.5 Å². The number of carbonyl (C=O) groups is 2. The van der Waals surface area contributed by atoms with Gasteiger partial charge in [0, 0.05) is 17.9 Å². The van der Waals surface area contributed by atoms with Gasteiger partial charge in [0.15, 0.2) is 0 Å². The minimum Gasteiger partial charge on any atom is -0.364 e. The fourth-order valence-corrected chi connectivity index (χ4v) is 3.67. The number of nitrogens with one attached hydrogen (secondary N) is 2. The third-order valence-corrected chi connectivity index (χ3v) is 5.14. The minimum absolute atomic E-state index is 0. The Kier molecular flexibility index (Phi) is 11.5. The number of hydrogen-bond acceptors (Lipinski definition) is 5. The van der Waals surface area contributed by atoms with Crippen molar-refractivity contribution in [3.8, 4) is 0 Å². The summed E-state index contributed by atoms with van der Waals surface area (Å²) < 4.78 is 5.62. The van der Waals surface area contributed by atoms with Crippen molar-refractivity contribution in [2.75, 3.05) is 36.8 Å². The molecule has 1 aromatic carbocycles. The molecule has 2 atom stereocenters. The van der Waals surface area contributed by atoms with Gasteiger partial charge in [0.2, 0.25) is 5.91 Å². The third kappa shape index (κ3) is 8.10. The second-order valence-corrected chi connectivity index (χ2v) is 7.37. The second kappa shape index (κ2) is 13.0. The molecule has 1 aromatic rings. The molecule has 164 valence electrons. The van der Waals surface area contributed by atoms with Crippen LogP contribution < -0.4 is 16.4 Å². The summed E-state index contributed by atoms with van der Waals surface area (Å²) in [6, 6.07) is 7.22. The third-order valence-electron chi connectivity index (χ3n) is 5.14. The van der Waals surface area contributed by atoms with Crippen molar-refractivity contribution in [1.82, 2.24) is 4.90 Å². The van der Waals surface area contributed by atoms with E-state index in [0.717, 1.165) is 32.4 Å². The maximum absolute atomic E-state index is 12.3. The summed E-state index contributed by atoms with van der Waals surface area (Å²) in [6.07, 6.45) is 5.80. The van der Waals surface area contributed by atoms with Crippen LogP contribution in [0.5, 0.6) is 0 Å². The molecule has 0 unspecified atom stereocenters. The normalized spacial score (nSPS) is 22.0. The van der Waals surface area contributed by atoms with E-state index < -0.39 is 6.10 Å². The Morgan fingerprint density at radius 1 is 1.03 bits per heavy atom. The first-order valence-corrected chi connectivity index (χ1v) is 9.92. The monoisotopic (exact) mass is 446 g/mol. The largest absolute Gasteiger partial charge is 0.364 e. The Bertz CT molecular complexity index is 654. The molecule has 0 saturated carbocycles. The molecule has 9 heteroatoms. The summed E-state index contributed by atoms with van der Waals surface area (Å²) in [6.45, 7) is 2.80. The smallest absolute Gasteiger partial charge is 0.253 e. The van der Waals surface area contributed by atoms with Gasteiger partial charge in [0.1, 0.15) is 6.10 Å². The molecule has 2 heterocycles. The molecular formula is C20H32Cl2N4O3. The van der Waals surface area contributed by atoms with Gasteiger partial charge in [0.05, 0.1) is 12.6 Å². The van der Waals surface area contributed by atoms with Crippen LogP contribution >= 0.6 is 24.8 Å². The summed E-state index contributed by atoms with van der Waals surface area (Å²) in [5, 5.41) is 5.79. The van der Waals surface area contributed by atoms with E-state index >= 15 is 0 Å². The summed E-state index contributed by atoms with van der Waals surface area (Å²) in [7, 11) is 0. The number of hydrogen-bond donors (Lipinski definition) is 3. The number of ether oxygens (including phenoxy) is 1. The van der Waals surface area contributed by atoms with Crippen molar-refractivity contribution in [2.45, 2.75) is 50.7 Å². The highest BCUT2D eigenvalue weighted by Crippen LogP contribution is 2.21. The van der Waals surface area contributed by atoms with E-state index in [1.165, 1.54) is 12.8 Å². The van der Waals surface area contributed by atoms with Crippen LogP contribution in [-0.4, -0.2) is 55.1 Å². The fourth-order valence-electron chi connectivity index (χ4n) is 3.67. The number of nitrogens with two attached hydrogens (primary N) is 1. The Morgan fingerprint density at radius 2 is 1.69 bits per heavy atom. The quantitative estimate of drug-likeness (QED) is 0.623. The fraction of sp³-hybridized carbons (Fsp3) is 0.600. The predicted molar refractivity (Wildman–Crippen MR) is 120 cm³/mol. The van der Waals surface area contributed by atoms with Gasteiger partial charge in [0.25, 0.3) is 5.91 Å². The van der Waals surface area contributed by atoms with Gasteiger partial charge < -0.3 is 21.1 Å². The van der Waals surface area contributed by atoms with E-state index in [9.17, 15) is 9.59 Å². The standard InChI is InChI=1S/C20H30N4O3.2ClH/c21-13-17-8-9-18(27-17)20(26)23-16-7-5-6-15(12-16)22-19(25)14-24-10-3-1-2-4-11-24;;/h5-7,12,17-18H,1-4,8-11,13-14,21H2,(H,22,25)(H,23,26);2*1H/t17-,18+;;/m1../s1. The molecule has 7 nitrogen and oxygen atoms in total. The number of amides is 2. The van der Waals surface area contributed by atoms with Gasteiger partial charge in [-0.05, 0) is 57.0 Å². The van der Waals surface area contributed by atoms with E-state index in [1.54, 1.807) is 12.1 Å². The maximum Gasteiger partial charge on any atom is 0.253 e. The zero-order chi connectivity index (χ0) is 19.1. The van der Waals surface area contributed by atoms with Crippen molar-refractivity contribution in [2.24, 2.45) is 5.73 Å². The highest BCUT2D eigenvalue weighted by atomic mass is 35.5. The van der Waals surface area contributed by atoms with E-state index in [2.05, 4.69) is 15.5 Å². The number of carbonyl (C=O) groups excluding carboxylic acids is 2. The first kappa shape index (κ1) is 25.7. The highest BCUT2D eigenvalue weighted by molar-refractivity contribution is 5.96. The first-order valence-electron chi connectivity index (χ1n) is 9.92. The van der Waals surface area contributed by atoms with Crippen molar-refractivity contribution < 1.29 is 14.3 Å². The van der Waals surface area contributed by atoms with Crippen molar-refractivity contribution >= 4 is 48.0 Å². The van der Waals surface area contributed by atoms with Gasteiger partial charge in [-0.25, -0.2) is 0 Å². The van der Waals surface area contributed by atoms with Crippen LogP contribution in [-0.2, 0) is 14.3 Å². The van der Waals surface area contributed by atoms with E-state index in [-0.39, 0.29) is 42.7 Å². The van der Waals surface area contributed by atoms with Crippen LogP contribution in [0.15, 0.2) is 24.3 Å². The Hall–Kier alpha value is -1.38. The molecule has 0 radical (unpaired) electrons. The van der Waals surface area contributed by atoms with E-state index in [0.29, 0.717) is 30.9 Å². The van der Waals surface area contributed by atoms with Gasteiger partial charge >= 0.3 is 0 Å². The summed E-state index contributed by atoms with van der Waals surface area (Å²) in [5.41, 5.74) is 6.92. The first-order chi connectivity index (χ1) is 13.1. The van der Waals surface area contributed by atoms with Gasteiger partial charge in [-0.3, -0.25) is 14.5 Å². The molecule has 0 spiro atoms. The molecule has 2 fully saturated rings. The SMILES string of the molecule is Cl.Cl.NC[C@H]1CC[C@@H](C(=O)Nc2cccc(NC(=O)CN3CCCCCC3)c2)O1. The average molecular weight is 447 g/mol. The molecule has 2 aliphatic heterocycles. The number of anilines is 2. The lowest BCUT2D eigenvalue weighted by atomic mass is 10.2. The molecule has 0 aliphatic carbocycles. The average Bonchev–Trinajstić information content (AvgIpc) is 3.00. The molecule has 29 heavy (non-hydrogen) atoms. The predicted octanol–water partition coefficient (Wildman–Crippen LogP) is 2.79. The Morgan fingerprint density at radius 3 is 2.31 bits per heavy atom. The highest BCUT2D eigenvalue weighted by Gasteiger charge is 2.29. The second-order valence-electron chi connectivity index (χ2n) is 7.37. The molecule has 3 rings (SSSR count). The number of likely N-dealkylation sites (tertiary alicyclic amines) is 1. The van der Waals surface area contributed by atoms with Crippen molar-refractivity contribution in [3.05, 3.63) is 24.3 Å². The summed E-state index contributed by atoms with van der Waals surface area (Å²) >= 11 is 0. The number of benzene rings is 1. The molecule has 2 saturated heterocycles. The topological polar surface area (TPSA) is 96.7 Å². The van der Waals surface area contributed by atoms with Crippen LogP contribution in [0.25, 0.3) is 0 Å². The lowest BCUT2D eigenvalue weighted by Crippen LogP contribution is -2.34. The molecule has 2 amide bonds. The molecular weight excluding hydrogens is 415 g/mol.